The first-order valence-electron chi connectivity index (χ1n) is 9.88. The summed E-state index contributed by atoms with van der Waals surface area (Å²) in [7, 11) is 0. The molecule has 8 heteroatoms. The summed E-state index contributed by atoms with van der Waals surface area (Å²) in [6.07, 6.45) is 0. The van der Waals surface area contributed by atoms with Gasteiger partial charge in [0.1, 0.15) is 11.3 Å². The third-order valence-electron chi connectivity index (χ3n) is 4.85. The van der Waals surface area contributed by atoms with Crippen molar-refractivity contribution in [3.8, 4) is 11.5 Å². The van der Waals surface area contributed by atoms with Gasteiger partial charge < -0.3 is 9.73 Å². The SMILES string of the molecule is CC(C)c1ccc2oc(-c3cc(NC(=S)NC(=O)c4cccc(F)c4)ccc3Cl)nc2c1. The van der Waals surface area contributed by atoms with Gasteiger partial charge in [0, 0.05) is 11.3 Å². The molecule has 0 fully saturated rings. The number of aromatic nitrogens is 1. The zero-order chi connectivity index (χ0) is 22.8. The molecule has 32 heavy (non-hydrogen) atoms. The van der Waals surface area contributed by atoms with E-state index in [0.29, 0.717) is 33.7 Å². The normalized spacial score (nSPS) is 11.0. The molecular weight excluding hydrogens is 449 g/mol. The van der Waals surface area contributed by atoms with Crippen LogP contribution in [0.4, 0.5) is 10.1 Å². The molecule has 2 N–H and O–H groups in total. The van der Waals surface area contributed by atoms with Crippen molar-refractivity contribution in [2.24, 2.45) is 0 Å². The van der Waals surface area contributed by atoms with Crippen LogP contribution in [0.25, 0.3) is 22.6 Å². The zero-order valence-corrected chi connectivity index (χ0v) is 18.9. The van der Waals surface area contributed by atoms with Crippen LogP contribution in [-0.4, -0.2) is 16.0 Å². The second-order valence-electron chi connectivity index (χ2n) is 7.51. The third-order valence-corrected chi connectivity index (χ3v) is 5.38. The van der Waals surface area contributed by atoms with E-state index in [1.54, 1.807) is 18.2 Å². The lowest BCUT2D eigenvalue weighted by Gasteiger charge is -2.11. The molecule has 0 aliphatic carbocycles. The molecular formula is C24H19ClFN3O2S. The van der Waals surface area contributed by atoms with Crippen LogP contribution in [0.3, 0.4) is 0 Å². The summed E-state index contributed by atoms with van der Waals surface area (Å²) in [5, 5.41) is 5.98. The molecule has 1 amide bonds. The van der Waals surface area contributed by atoms with Gasteiger partial charge in [-0.25, -0.2) is 9.37 Å². The van der Waals surface area contributed by atoms with Crippen molar-refractivity contribution in [3.05, 3.63) is 82.6 Å². The first-order valence-corrected chi connectivity index (χ1v) is 10.7. The van der Waals surface area contributed by atoms with Crippen molar-refractivity contribution in [2.75, 3.05) is 5.32 Å². The Hall–Kier alpha value is -3.29. The lowest BCUT2D eigenvalue weighted by atomic mass is 10.0. The molecule has 5 nitrogen and oxygen atoms in total. The fraction of sp³-hybridized carbons (Fsp3) is 0.125. The Morgan fingerprint density at radius 3 is 2.69 bits per heavy atom. The highest BCUT2D eigenvalue weighted by atomic mass is 35.5. The van der Waals surface area contributed by atoms with E-state index < -0.39 is 11.7 Å². The zero-order valence-electron chi connectivity index (χ0n) is 17.3. The third kappa shape index (κ3) is 4.79. The van der Waals surface area contributed by atoms with E-state index in [4.69, 9.17) is 28.2 Å². The Morgan fingerprint density at radius 1 is 1.12 bits per heavy atom. The molecule has 0 saturated heterocycles. The van der Waals surface area contributed by atoms with Crippen LogP contribution in [0.15, 0.2) is 65.1 Å². The number of nitrogens with one attached hydrogen (secondary N) is 2. The highest BCUT2D eigenvalue weighted by Crippen LogP contribution is 2.33. The second kappa shape index (κ2) is 9.06. The van der Waals surface area contributed by atoms with Gasteiger partial charge in [-0.3, -0.25) is 10.1 Å². The van der Waals surface area contributed by atoms with E-state index in [1.165, 1.54) is 23.8 Å². The first-order chi connectivity index (χ1) is 15.3. The van der Waals surface area contributed by atoms with Crippen molar-refractivity contribution >= 4 is 51.6 Å². The van der Waals surface area contributed by atoms with Gasteiger partial charge >= 0.3 is 0 Å². The van der Waals surface area contributed by atoms with Gasteiger partial charge in [-0.2, -0.15) is 0 Å². The maximum absolute atomic E-state index is 13.3. The summed E-state index contributed by atoms with van der Waals surface area (Å²) in [6.45, 7) is 4.23. The Morgan fingerprint density at radius 2 is 1.94 bits per heavy atom. The Balaban J connectivity index is 1.54. The number of halogens is 2. The standard InChI is InChI=1S/C24H19ClFN3O2S/c1-13(2)14-6-9-21-20(11-14)28-23(31-21)18-12-17(7-8-19(18)25)27-24(32)29-22(30)15-4-3-5-16(26)10-15/h3-13H,1-2H3,(H2,27,29,30,32). The smallest absolute Gasteiger partial charge is 0.257 e. The number of fused-ring (bicyclic) bond motifs is 1. The number of hydrogen-bond acceptors (Lipinski definition) is 4. The minimum atomic E-state index is -0.518. The summed E-state index contributed by atoms with van der Waals surface area (Å²) < 4.78 is 19.2. The van der Waals surface area contributed by atoms with Gasteiger partial charge in [0.15, 0.2) is 10.7 Å². The van der Waals surface area contributed by atoms with Crippen molar-refractivity contribution in [3.63, 3.8) is 0 Å². The highest BCUT2D eigenvalue weighted by Gasteiger charge is 2.15. The van der Waals surface area contributed by atoms with Crippen molar-refractivity contribution in [1.29, 1.82) is 0 Å². The van der Waals surface area contributed by atoms with Crippen LogP contribution in [0.5, 0.6) is 0 Å². The van der Waals surface area contributed by atoms with Gasteiger partial charge in [0.2, 0.25) is 5.89 Å². The number of rotatable bonds is 4. The molecule has 1 aromatic heterocycles. The van der Waals surface area contributed by atoms with Crippen LogP contribution in [0.1, 0.15) is 35.7 Å². The Kier molecular flexibility index (Phi) is 6.21. The maximum atomic E-state index is 13.3. The number of hydrogen-bond donors (Lipinski definition) is 2. The van der Waals surface area contributed by atoms with E-state index in [0.717, 1.165) is 11.6 Å². The quantitative estimate of drug-likeness (QED) is 0.334. The Labute approximate surface area is 194 Å². The van der Waals surface area contributed by atoms with Gasteiger partial charge in [-0.05, 0) is 72.2 Å². The largest absolute Gasteiger partial charge is 0.436 e. The van der Waals surface area contributed by atoms with Crippen LogP contribution in [-0.2, 0) is 0 Å². The van der Waals surface area contributed by atoms with E-state index in [9.17, 15) is 9.18 Å². The molecule has 4 aromatic rings. The summed E-state index contributed by atoms with van der Waals surface area (Å²) >= 11 is 11.6. The second-order valence-corrected chi connectivity index (χ2v) is 8.33. The molecule has 0 aliphatic rings. The van der Waals surface area contributed by atoms with Crippen molar-refractivity contribution in [2.45, 2.75) is 19.8 Å². The molecule has 162 valence electrons. The van der Waals surface area contributed by atoms with Crippen molar-refractivity contribution in [1.82, 2.24) is 10.3 Å². The van der Waals surface area contributed by atoms with Gasteiger partial charge in [-0.15, -0.1) is 0 Å². The number of amides is 1. The topological polar surface area (TPSA) is 67.2 Å². The average molecular weight is 468 g/mol. The molecule has 1 heterocycles. The fourth-order valence-electron chi connectivity index (χ4n) is 3.15. The maximum Gasteiger partial charge on any atom is 0.257 e. The molecule has 0 unspecified atom stereocenters. The summed E-state index contributed by atoms with van der Waals surface area (Å²) in [4.78, 5) is 16.8. The monoisotopic (exact) mass is 467 g/mol. The number of thiocarbonyl (C=S) groups is 1. The number of benzene rings is 3. The number of nitrogens with zero attached hydrogens (tertiary/aromatic N) is 1. The van der Waals surface area contributed by atoms with E-state index >= 15 is 0 Å². The van der Waals surface area contributed by atoms with Gasteiger partial charge in [0.25, 0.3) is 5.91 Å². The van der Waals surface area contributed by atoms with Crippen LogP contribution in [0.2, 0.25) is 5.02 Å². The number of carbonyl (C=O) groups is 1. The van der Waals surface area contributed by atoms with Crippen LogP contribution in [0, 0.1) is 5.82 Å². The van der Waals surface area contributed by atoms with Crippen LogP contribution < -0.4 is 10.6 Å². The molecule has 4 rings (SSSR count). The molecule has 0 spiro atoms. The van der Waals surface area contributed by atoms with Gasteiger partial charge in [0.05, 0.1) is 10.6 Å². The Bertz CT molecular complexity index is 1340. The molecule has 0 aliphatic heterocycles. The van der Waals surface area contributed by atoms with Crippen LogP contribution >= 0.6 is 23.8 Å². The molecule has 3 aromatic carbocycles. The minimum Gasteiger partial charge on any atom is -0.436 e. The van der Waals surface area contributed by atoms with Gasteiger partial charge in [-0.1, -0.05) is 37.6 Å². The molecule has 0 radical (unpaired) electrons. The summed E-state index contributed by atoms with van der Waals surface area (Å²) in [6, 6.07) is 16.4. The number of anilines is 1. The molecule has 0 atom stereocenters. The lowest BCUT2D eigenvalue weighted by molar-refractivity contribution is 0.0977. The highest BCUT2D eigenvalue weighted by molar-refractivity contribution is 7.80. The van der Waals surface area contributed by atoms with E-state index in [2.05, 4.69) is 29.5 Å². The predicted molar refractivity (Wildman–Crippen MR) is 129 cm³/mol. The fourth-order valence-corrected chi connectivity index (χ4v) is 3.56. The minimum absolute atomic E-state index is 0.0617. The summed E-state index contributed by atoms with van der Waals surface area (Å²) in [5.74, 6) is -0.266. The summed E-state index contributed by atoms with van der Waals surface area (Å²) in [5.41, 5.74) is 3.91. The van der Waals surface area contributed by atoms with E-state index in [-0.39, 0.29) is 10.7 Å². The number of carbonyl (C=O) groups excluding carboxylic acids is 1. The number of oxazole rings is 1. The first kappa shape index (κ1) is 21.9. The van der Waals surface area contributed by atoms with E-state index in [1.807, 2.05) is 18.2 Å². The average Bonchev–Trinajstić information content (AvgIpc) is 3.18. The molecule has 0 bridgehead atoms. The lowest BCUT2D eigenvalue weighted by Crippen LogP contribution is -2.34. The predicted octanol–water partition coefficient (Wildman–Crippen LogP) is 6.54. The molecule has 0 saturated carbocycles. The van der Waals surface area contributed by atoms with Crippen molar-refractivity contribution < 1.29 is 13.6 Å².